The van der Waals surface area contributed by atoms with Crippen molar-refractivity contribution in [3.05, 3.63) is 46.6 Å². The van der Waals surface area contributed by atoms with E-state index < -0.39 is 0 Å². The second-order valence-corrected chi connectivity index (χ2v) is 7.11. The van der Waals surface area contributed by atoms with Crippen molar-refractivity contribution in [2.75, 3.05) is 20.3 Å². The molecule has 1 aromatic carbocycles. The van der Waals surface area contributed by atoms with Gasteiger partial charge in [0.2, 0.25) is 0 Å². The number of hydrogen-bond donors (Lipinski definition) is 0. The summed E-state index contributed by atoms with van der Waals surface area (Å²) in [6, 6.07) is 7.68. The fourth-order valence-corrected chi connectivity index (χ4v) is 3.84. The highest BCUT2D eigenvalue weighted by Gasteiger charge is 2.27. The predicted molar refractivity (Wildman–Crippen MR) is 94.8 cm³/mol. The zero-order valence-electron chi connectivity index (χ0n) is 13.1. The number of halogens is 1. The first-order valence-corrected chi connectivity index (χ1v) is 8.96. The van der Waals surface area contributed by atoms with Crippen LogP contribution in [0, 0.1) is 0 Å². The molecule has 1 unspecified atom stereocenters. The molecule has 1 fully saturated rings. The lowest BCUT2D eigenvalue weighted by molar-refractivity contribution is 0.0704. The Morgan fingerprint density at radius 1 is 1.42 bits per heavy atom. The third-order valence-electron chi connectivity index (χ3n) is 4.34. The molecule has 0 saturated carbocycles. The van der Waals surface area contributed by atoms with Crippen LogP contribution in [0.1, 0.15) is 16.9 Å². The van der Waals surface area contributed by atoms with Gasteiger partial charge in [-0.05, 0) is 18.6 Å². The summed E-state index contributed by atoms with van der Waals surface area (Å²) in [5.41, 5.74) is 2.45. The van der Waals surface area contributed by atoms with E-state index in [0.29, 0.717) is 23.9 Å². The molecule has 3 heterocycles. The van der Waals surface area contributed by atoms with Gasteiger partial charge in [0.05, 0.1) is 18.3 Å². The van der Waals surface area contributed by atoms with Gasteiger partial charge in [-0.2, -0.15) is 0 Å². The highest BCUT2D eigenvalue weighted by atomic mass is 35.5. The molecule has 124 valence electrons. The van der Waals surface area contributed by atoms with Crippen LogP contribution in [0.15, 0.2) is 35.8 Å². The van der Waals surface area contributed by atoms with Gasteiger partial charge in [0.25, 0.3) is 5.91 Å². The number of fused-ring (bicyclic) bond motifs is 1. The molecule has 2 aromatic heterocycles. The lowest BCUT2D eigenvalue weighted by Crippen LogP contribution is -2.37. The minimum Gasteiger partial charge on any atom is -0.379 e. The number of amides is 1. The smallest absolute Gasteiger partial charge is 0.271 e. The van der Waals surface area contributed by atoms with Crippen LogP contribution in [0.25, 0.3) is 16.2 Å². The Morgan fingerprint density at radius 2 is 2.21 bits per heavy atom. The molecule has 3 aromatic rings. The second kappa shape index (κ2) is 6.20. The normalized spacial score (nSPS) is 17.5. The number of hydrogen-bond acceptors (Lipinski definition) is 4. The van der Waals surface area contributed by atoms with E-state index in [1.807, 2.05) is 47.3 Å². The first kappa shape index (κ1) is 15.6. The maximum Gasteiger partial charge on any atom is 0.271 e. The number of carbonyl (C=O) groups excluding carboxylic acids is 1. The summed E-state index contributed by atoms with van der Waals surface area (Å²) in [5.74, 6) is -0.00296. The van der Waals surface area contributed by atoms with Gasteiger partial charge in [0.15, 0.2) is 4.96 Å². The van der Waals surface area contributed by atoms with Crippen molar-refractivity contribution in [3.8, 4) is 11.3 Å². The monoisotopic (exact) mass is 361 g/mol. The van der Waals surface area contributed by atoms with E-state index in [1.54, 1.807) is 4.90 Å². The van der Waals surface area contributed by atoms with E-state index in [9.17, 15) is 4.79 Å². The molecule has 1 aliphatic heterocycles. The third kappa shape index (κ3) is 2.70. The largest absolute Gasteiger partial charge is 0.379 e. The van der Waals surface area contributed by atoms with Crippen molar-refractivity contribution < 1.29 is 9.53 Å². The van der Waals surface area contributed by atoms with Crippen LogP contribution in [-0.2, 0) is 4.74 Å². The molecular formula is C17H16ClN3O2S. The summed E-state index contributed by atoms with van der Waals surface area (Å²) in [6.07, 6.45) is 2.79. The summed E-state index contributed by atoms with van der Waals surface area (Å²) in [6.45, 7) is 1.32. The molecule has 0 radical (unpaired) electrons. The molecule has 7 heteroatoms. The van der Waals surface area contributed by atoms with Crippen molar-refractivity contribution in [2.24, 2.45) is 0 Å². The number of thiazole rings is 1. The van der Waals surface area contributed by atoms with Crippen molar-refractivity contribution >= 4 is 33.8 Å². The van der Waals surface area contributed by atoms with E-state index in [1.165, 1.54) is 11.3 Å². The third-order valence-corrected chi connectivity index (χ3v) is 5.43. The highest BCUT2D eigenvalue weighted by Crippen LogP contribution is 2.26. The Bertz CT molecular complexity index is 881. The number of aromatic nitrogens is 2. The van der Waals surface area contributed by atoms with Gasteiger partial charge >= 0.3 is 0 Å². The van der Waals surface area contributed by atoms with Gasteiger partial charge in [-0.15, -0.1) is 11.3 Å². The number of rotatable bonds is 3. The molecule has 0 bridgehead atoms. The van der Waals surface area contributed by atoms with Crippen molar-refractivity contribution in [2.45, 2.75) is 12.5 Å². The molecule has 1 saturated heterocycles. The average Bonchev–Trinajstić information content (AvgIpc) is 3.30. The highest BCUT2D eigenvalue weighted by molar-refractivity contribution is 7.15. The van der Waals surface area contributed by atoms with Crippen LogP contribution in [0.4, 0.5) is 0 Å². The summed E-state index contributed by atoms with van der Waals surface area (Å²) >= 11 is 7.40. The number of carbonyl (C=O) groups is 1. The SMILES string of the molecule is CN(C(=O)c1csc2nc(-c3ccc(Cl)cc3)cn12)C1CCOC1. The van der Waals surface area contributed by atoms with E-state index >= 15 is 0 Å². The average molecular weight is 362 g/mol. The van der Waals surface area contributed by atoms with Crippen LogP contribution in [-0.4, -0.2) is 46.5 Å². The Kier molecular flexibility index (Phi) is 4.04. The Morgan fingerprint density at radius 3 is 2.92 bits per heavy atom. The quantitative estimate of drug-likeness (QED) is 0.716. The predicted octanol–water partition coefficient (Wildman–Crippen LogP) is 3.58. The summed E-state index contributed by atoms with van der Waals surface area (Å²) in [4.78, 5) is 20.0. The zero-order valence-corrected chi connectivity index (χ0v) is 14.7. The summed E-state index contributed by atoms with van der Waals surface area (Å²) in [5, 5.41) is 2.55. The lowest BCUT2D eigenvalue weighted by Gasteiger charge is -2.22. The van der Waals surface area contributed by atoms with Crippen LogP contribution < -0.4 is 0 Å². The van der Waals surface area contributed by atoms with Crippen molar-refractivity contribution in [1.29, 1.82) is 0 Å². The second-order valence-electron chi connectivity index (χ2n) is 5.84. The van der Waals surface area contributed by atoms with Crippen molar-refractivity contribution in [3.63, 3.8) is 0 Å². The minimum absolute atomic E-state index is 0.00296. The number of ether oxygens (including phenoxy) is 1. The van der Waals surface area contributed by atoms with Gasteiger partial charge in [-0.25, -0.2) is 4.98 Å². The first-order valence-electron chi connectivity index (χ1n) is 7.71. The van der Waals surface area contributed by atoms with Gasteiger partial charge in [0.1, 0.15) is 5.69 Å². The molecule has 24 heavy (non-hydrogen) atoms. The summed E-state index contributed by atoms with van der Waals surface area (Å²) < 4.78 is 7.25. The topological polar surface area (TPSA) is 46.8 Å². The van der Waals surface area contributed by atoms with Crippen LogP contribution >= 0.6 is 22.9 Å². The summed E-state index contributed by atoms with van der Waals surface area (Å²) in [7, 11) is 1.84. The fourth-order valence-electron chi connectivity index (χ4n) is 2.87. The molecular weight excluding hydrogens is 346 g/mol. The van der Waals surface area contributed by atoms with Crippen LogP contribution in [0.5, 0.6) is 0 Å². The maximum absolute atomic E-state index is 12.8. The van der Waals surface area contributed by atoms with E-state index in [4.69, 9.17) is 16.3 Å². The van der Waals surface area contributed by atoms with Gasteiger partial charge in [0, 0.05) is 35.8 Å². The molecule has 1 atom stereocenters. The van der Waals surface area contributed by atoms with Crippen LogP contribution in [0.2, 0.25) is 5.02 Å². The minimum atomic E-state index is -0.00296. The number of likely N-dealkylation sites (N-methyl/N-ethyl adjacent to an activating group) is 1. The van der Waals surface area contributed by atoms with E-state index in [-0.39, 0.29) is 11.9 Å². The molecule has 4 rings (SSSR count). The van der Waals surface area contributed by atoms with E-state index in [0.717, 1.165) is 22.6 Å². The van der Waals surface area contributed by atoms with E-state index in [2.05, 4.69) is 4.98 Å². The number of nitrogens with zero attached hydrogens (tertiary/aromatic N) is 3. The van der Waals surface area contributed by atoms with Crippen LogP contribution in [0.3, 0.4) is 0 Å². The Hall–Kier alpha value is -1.89. The Labute approximate surface area is 148 Å². The molecule has 0 spiro atoms. The van der Waals surface area contributed by atoms with Gasteiger partial charge in [-0.1, -0.05) is 23.7 Å². The zero-order chi connectivity index (χ0) is 16.7. The molecule has 5 nitrogen and oxygen atoms in total. The van der Waals surface area contributed by atoms with Crippen molar-refractivity contribution in [1.82, 2.24) is 14.3 Å². The van der Waals surface area contributed by atoms with Gasteiger partial charge < -0.3 is 9.64 Å². The number of imidazole rings is 1. The molecule has 0 aliphatic carbocycles. The molecule has 0 N–H and O–H groups in total. The molecule has 1 aliphatic rings. The lowest BCUT2D eigenvalue weighted by atomic mass is 10.2. The standard InChI is InChI=1S/C17H16ClN3O2S/c1-20(13-6-7-23-9-13)16(22)15-10-24-17-19-14(8-21(15)17)11-2-4-12(18)5-3-11/h2-5,8,10,13H,6-7,9H2,1H3. The fraction of sp³-hybridized carbons (Fsp3) is 0.294. The number of benzene rings is 1. The Balaban J connectivity index is 1.67. The first-order chi connectivity index (χ1) is 11.6. The maximum atomic E-state index is 12.8. The molecule has 1 amide bonds. The van der Waals surface area contributed by atoms with Gasteiger partial charge in [-0.3, -0.25) is 9.20 Å².